The molecule has 0 aliphatic carbocycles. The first-order valence-corrected chi connectivity index (χ1v) is 11.7. The predicted octanol–water partition coefficient (Wildman–Crippen LogP) is 5.47. The van der Waals surface area contributed by atoms with Gasteiger partial charge in [-0.3, -0.25) is 14.9 Å². The van der Waals surface area contributed by atoms with Crippen LogP contribution in [0.2, 0.25) is 0 Å². The molecule has 172 valence electrons. The van der Waals surface area contributed by atoms with Crippen molar-refractivity contribution in [2.75, 3.05) is 12.0 Å². The van der Waals surface area contributed by atoms with Crippen molar-refractivity contribution in [2.24, 2.45) is 0 Å². The first-order chi connectivity index (χ1) is 16.4. The van der Waals surface area contributed by atoms with Crippen LogP contribution in [0.15, 0.2) is 81.2 Å². The van der Waals surface area contributed by atoms with Gasteiger partial charge in [-0.05, 0) is 65.7 Å². The molecule has 7 nitrogen and oxygen atoms in total. The van der Waals surface area contributed by atoms with Gasteiger partial charge in [0.1, 0.15) is 12.2 Å². The largest absolute Gasteiger partial charge is 0.493 e. The van der Waals surface area contributed by atoms with Crippen LogP contribution in [-0.2, 0) is 16.2 Å². The Balaban J connectivity index is 1.58. The minimum absolute atomic E-state index is 0.173. The third-order valence-electron chi connectivity index (χ3n) is 4.99. The number of rotatable bonds is 6. The standard InChI is InChI=1S/C25H18Br2N2O5/c1-33-22-13-16(4-11-21(22)34-14-15-2-5-17(26)6-3-15)12-20-23(30)28-25(32)29(24(20)31)19-9-7-18(27)8-10-19/h2-13H,14H2,1H3,(H,28,30,32)/b20-12+. The summed E-state index contributed by atoms with van der Waals surface area (Å²) in [5.74, 6) is -0.530. The summed E-state index contributed by atoms with van der Waals surface area (Å²) >= 11 is 6.72. The number of amides is 4. The van der Waals surface area contributed by atoms with E-state index in [1.54, 1.807) is 42.5 Å². The molecular weight excluding hydrogens is 568 g/mol. The van der Waals surface area contributed by atoms with Gasteiger partial charge in [-0.15, -0.1) is 0 Å². The molecule has 0 saturated carbocycles. The van der Waals surface area contributed by atoms with Crippen molar-refractivity contribution in [3.8, 4) is 11.5 Å². The van der Waals surface area contributed by atoms with Gasteiger partial charge in [0, 0.05) is 8.95 Å². The van der Waals surface area contributed by atoms with Crippen molar-refractivity contribution in [3.63, 3.8) is 0 Å². The number of barbiturate groups is 1. The van der Waals surface area contributed by atoms with Crippen molar-refractivity contribution in [1.82, 2.24) is 5.32 Å². The van der Waals surface area contributed by atoms with Crippen molar-refractivity contribution in [1.29, 1.82) is 0 Å². The molecule has 34 heavy (non-hydrogen) atoms. The van der Waals surface area contributed by atoms with E-state index in [4.69, 9.17) is 9.47 Å². The molecule has 0 atom stereocenters. The highest BCUT2D eigenvalue weighted by Crippen LogP contribution is 2.31. The third-order valence-corrected chi connectivity index (χ3v) is 6.05. The Hall–Kier alpha value is -3.43. The van der Waals surface area contributed by atoms with E-state index in [0.29, 0.717) is 29.4 Å². The smallest absolute Gasteiger partial charge is 0.335 e. The van der Waals surface area contributed by atoms with Crippen LogP contribution in [0.5, 0.6) is 11.5 Å². The Morgan fingerprint density at radius 3 is 2.18 bits per heavy atom. The molecule has 0 aromatic heterocycles. The van der Waals surface area contributed by atoms with E-state index in [9.17, 15) is 14.4 Å². The molecule has 1 saturated heterocycles. The highest BCUT2D eigenvalue weighted by atomic mass is 79.9. The fourth-order valence-electron chi connectivity index (χ4n) is 3.28. The number of ether oxygens (including phenoxy) is 2. The maximum Gasteiger partial charge on any atom is 0.335 e. The van der Waals surface area contributed by atoms with E-state index >= 15 is 0 Å². The average Bonchev–Trinajstić information content (AvgIpc) is 2.83. The van der Waals surface area contributed by atoms with E-state index in [1.807, 2.05) is 24.3 Å². The maximum absolute atomic E-state index is 13.0. The molecule has 1 heterocycles. The van der Waals surface area contributed by atoms with Gasteiger partial charge in [0.2, 0.25) is 0 Å². The summed E-state index contributed by atoms with van der Waals surface area (Å²) in [6.07, 6.45) is 1.41. The van der Waals surface area contributed by atoms with Crippen molar-refractivity contribution < 1.29 is 23.9 Å². The topological polar surface area (TPSA) is 84.9 Å². The monoisotopic (exact) mass is 584 g/mol. The molecule has 3 aromatic rings. The van der Waals surface area contributed by atoms with Crippen LogP contribution in [0.1, 0.15) is 11.1 Å². The normalized spacial score (nSPS) is 14.9. The maximum atomic E-state index is 13.0. The number of anilines is 1. The molecule has 0 spiro atoms. The fourth-order valence-corrected chi connectivity index (χ4v) is 3.81. The van der Waals surface area contributed by atoms with Gasteiger partial charge in [0.15, 0.2) is 11.5 Å². The molecule has 4 rings (SSSR count). The van der Waals surface area contributed by atoms with E-state index in [-0.39, 0.29) is 5.57 Å². The summed E-state index contributed by atoms with van der Waals surface area (Å²) in [7, 11) is 1.51. The van der Waals surface area contributed by atoms with Crippen LogP contribution < -0.4 is 19.7 Å². The lowest BCUT2D eigenvalue weighted by molar-refractivity contribution is -0.122. The lowest BCUT2D eigenvalue weighted by Gasteiger charge is -2.26. The molecule has 3 aromatic carbocycles. The Morgan fingerprint density at radius 2 is 1.53 bits per heavy atom. The van der Waals surface area contributed by atoms with Gasteiger partial charge in [0.05, 0.1) is 12.8 Å². The number of carbonyl (C=O) groups is 3. The number of nitrogens with zero attached hydrogens (tertiary/aromatic N) is 1. The number of halogens is 2. The van der Waals surface area contributed by atoms with Crippen LogP contribution in [0, 0.1) is 0 Å². The lowest BCUT2D eigenvalue weighted by atomic mass is 10.1. The van der Waals surface area contributed by atoms with E-state index in [2.05, 4.69) is 37.2 Å². The summed E-state index contributed by atoms with van der Waals surface area (Å²) in [4.78, 5) is 38.8. The molecule has 0 radical (unpaired) electrons. The lowest BCUT2D eigenvalue weighted by Crippen LogP contribution is -2.54. The second-order valence-electron chi connectivity index (χ2n) is 7.26. The van der Waals surface area contributed by atoms with Crippen LogP contribution in [0.4, 0.5) is 10.5 Å². The zero-order valence-corrected chi connectivity index (χ0v) is 21.1. The van der Waals surface area contributed by atoms with Crippen LogP contribution in [0.25, 0.3) is 6.08 Å². The van der Waals surface area contributed by atoms with Gasteiger partial charge in [-0.25, -0.2) is 9.69 Å². The molecule has 9 heteroatoms. The Bertz CT molecular complexity index is 1290. The summed E-state index contributed by atoms with van der Waals surface area (Å²) in [5.41, 5.74) is 1.70. The second-order valence-corrected chi connectivity index (χ2v) is 9.09. The van der Waals surface area contributed by atoms with Gasteiger partial charge < -0.3 is 9.47 Å². The summed E-state index contributed by atoms with van der Waals surface area (Å²) in [6.45, 7) is 0.342. The van der Waals surface area contributed by atoms with Gasteiger partial charge in [-0.1, -0.05) is 50.1 Å². The number of urea groups is 1. The van der Waals surface area contributed by atoms with Crippen molar-refractivity contribution in [3.05, 3.63) is 92.4 Å². The second kappa shape index (κ2) is 10.2. The molecule has 0 bridgehead atoms. The van der Waals surface area contributed by atoms with Crippen LogP contribution >= 0.6 is 31.9 Å². The number of nitrogens with one attached hydrogen (secondary N) is 1. The third kappa shape index (κ3) is 5.21. The van der Waals surface area contributed by atoms with E-state index in [0.717, 1.165) is 19.4 Å². The predicted molar refractivity (Wildman–Crippen MR) is 135 cm³/mol. The number of hydrogen-bond donors (Lipinski definition) is 1. The molecule has 1 N–H and O–H groups in total. The fraction of sp³-hybridized carbons (Fsp3) is 0.0800. The zero-order chi connectivity index (χ0) is 24.2. The first kappa shape index (κ1) is 23.7. The highest BCUT2D eigenvalue weighted by molar-refractivity contribution is 9.10. The zero-order valence-electron chi connectivity index (χ0n) is 17.9. The quantitative estimate of drug-likeness (QED) is 0.306. The number of imide groups is 2. The molecule has 0 unspecified atom stereocenters. The van der Waals surface area contributed by atoms with Crippen LogP contribution in [-0.4, -0.2) is 25.0 Å². The first-order valence-electron chi connectivity index (χ1n) is 10.1. The van der Waals surface area contributed by atoms with E-state index in [1.165, 1.54) is 13.2 Å². The Kier molecular flexibility index (Phi) is 7.14. The van der Waals surface area contributed by atoms with E-state index < -0.39 is 17.8 Å². The number of carbonyl (C=O) groups excluding carboxylic acids is 3. The molecule has 1 aliphatic heterocycles. The van der Waals surface area contributed by atoms with Crippen LogP contribution in [0.3, 0.4) is 0 Å². The minimum Gasteiger partial charge on any atom is -0.493 e. The molecule has 4 amide bonds. The summed E-state index contributed by atoms with van der Waals surface area (Å²) in [5, 5.41) is 2.21. The number of benzene rings is 3. The molecule has 1 aliphatic rings. The SMILES string of the molecule is COc1cc(/C=C2\C(=O)NC(=O)N(c3ccc(Br)cc3)C2=O)ccc1OCc1ccc(Br)cc1. The molecule has 1 fully saturated rings. The van der Waals surface area contributed by atoms with Crippen molar-refractivity contribution in [2.45, 2.75) is 6.61 Å². The Morgan fingerprint density at radius 1 is 0.882 bits per heavy atom. The average molecular weight is 586 g/mol. The minimum atomic E-state index is -0.802. The summed E-state index contributed by atoms with van der Waals surface area (Å²) in [6, 6.07) is 18.6. The van der Waals surface area contributed by atoms with Gasteiger partial charge in [-0.2, -0.15) is 0 Å². The summed E-state index contributed by atoms with van der Waals surface area (Å²) < 4.78 is 13.1. The molecular formula is C25H18Br2N2O5. The highest BCUT2D eigenvalue weighted by Gasteiger charge is 2.36. The van der Waals surface area contributed by atoms with Crippen molar-refractivity contribution >= 4 is 61.5 Å². The van der Waals surface area contributed by atoms with Gasteiger partial charge >= 0.3 is 6.03 Å². The number of hydrogen-bond acceptors (Lipinski definition) is 5. The number of methoxy groups -OCH3 is 1. The van der Waals surface area contributed by atoms with Gasteiger partial charge in [0.25, 0.3) is 11.8 Å². The Labute approximate surface area is 212 Å².